The Morgan fingerprint density at radius 1 is 1.09 bits per heavy atom. The molecule has 3 aromatic rings. The number of hydrogen-bond donors (Lipinski definition) is 2. The molecule has 1 aromatic heterocycles. The third-order valence-electron chi connectivity index (χ3n) is 6.42. The van der Waals surface area contributed by atoms with E-state index in [1.807, 2.05) is 13.0 Å². The summed E-state index contributed by atoms with van der Waals surface area (Å²) in [5.74, 6) is 0.309. The van der Waals surface area contributed by atoms with E-state index in [4.69, 9.17) is 5.73 Å². The summed E-state index contributed by atoms with van der Waals surface area (Å²) in [4.78, 5) is 13.4. The van der Waals surface area contributed by atoms with Gasteiger partial charge in [0, 0.05) is 33.9 Å². The van der Waals surface area contributed by atoms with Crippen molar-refractivity contribution in [1.29, 1.82) is 0 Å². The maximum Gasteiger partial charge on any atom is 0.250 e. The van der Waals surface area contributed by atoms with Crippen molar-refractivity contribution in [3.05, 3.63) is 53.7 Å². The van der Waals surface area contributed by atoms with E-state index in [-0.39, 0.29) is 11.4 Å². The van der Waals surface area contributed by atoms with Crippen molar-refractivity contribution in [3.8, 4) is 11.3 Å². The fourth-order valence-electron chi connectivity index (χ4n) is 4.77. The highest BCUT2D eigenvalue weighted by molar-refractivity contribution is 7.97. The minimum absolute atomic E-state index is 0.0205. The zero-order chi connectivity index (χ0) is 22.9. The SMILES string of the molecule is Cc1c(C(N)=O)cc(-c2ccc(SNC(C)(C)C)c3ccccc23)n1CC1CCCCC1. The van der Waals surface area contributed by atoms with Gasteiger partial charge in [-0.1, -0.05) is 49.6 Å². The summed E-state index contributed by atoms with van der Waals surface area (Å²) in [6, 6.07) is 14.9. The molecule has 1 aliphatic rings. The van der Waals surface area contributed by atoms with Crippen molar-refractivity contribution in [2.45, 2.75) is 76.8 Å². The third-order valence-corrected chi connectivity index (χ3v) is 7.72. The summed E-state index contributed by atoms with van der Waals surface area (Å²) in [5.41, 5.74) is 9.65. The Morgan fingerprint density at radius 2 is 1.78 bits per heavy atom. The molecule has 0 atom stereocenters. The second kappa shape index (κ2) is 9.32. The molecule has 0 aliphatic heterocycles. The number of carbonyl (C=O) groups excluding carboxylic acids is 1. The van der Waals surface area contributed by atoms with Crippen LogP contribution in [-0.4, -0.2) is 16.0 Å². The van der Waals surface area contributed by atoms with Crippen molar-refractivity contribution in [2.24, 2.45) is 11.7 Å². The van der Waals surface area contributed by atoms with Gasteiger partial charge in [-0.25, -0.2) is 0 Å². The molecule has 0 spiro atoms. The van der Waals surface area contributed by atoms with Gasteiger partial charge in [-0.3, -0.25) is 9.52 Å². The number of primary amides is 1. The first kappa shape index (κ1) is 22.9. The topological polar surface area (TPSA) is 60.1 Å². The van der Waals surface area contributed by atoms with E-state index >= 15 is 0 Å². The number of nitrogens with one attached hydrogen (secondary N) is 1. The highest BCUT2D eigenvalue weighted by Crippen LogP contribution is 2.37. The van der Waals surface area contributed by atoms with Crippen molar-refractivity contribution < 1.29 is 4.79 Å². The molecule has 0 saturated heterocycles. The normalized spacial score (nSPS) is 15.4. The predicted octanol–water partition coefficient (Wildman–Crippen LogP) is 6.69. The van der Waals surface area contributed by atoms with Gasteiger partial charge < -0.3 is 10.3 Å². The lowest BCUT2D eigenvalue weighted by Crippen LogP contribution is -2.29. The monoisotopic (exact) mass is 449 g/mol. The van der Waals surface area contributed by atoms with Crippen LogP contribution in [0.1, 0.15) is 68.9 Å². The molecule has 2 aromatic carbocycles. The van der Waals surface area contributed by atoms with Gasteiger partial charge >= 0.3 is 0 Å². The standard InChI is InChI=1S/C27H35N3OS/c1-18-23(26(28)31)16-24(30(18)17-19-10-6-5-7-11-19)21-14-15-25(32-29-27(2,3)4)22-13-9-8-12-20(21)22/h8-9,12-16,19,29H,5-7,10-11,17H2,1-4H3,(H2,28,31). The molecule has 32 heavy (non-hydrogen) atoms. The second-order valence-electron chi connectivity index (χ2n) is 10.1. The largest absolute Gasteiger partial charge is 0.366 e. The highest BCUT2D eigenvalue weighted by atomic mass is 32.2. The Kier molecular flexibility index (Phi) is 6.68. The lowest BCUT2D eigenvalue weighted by atomic mass is 9.89. The van der Waals surface area contributed by atoms with Crippen LogP contribution in [0.15, 0.2) is 47.4 Å². The zero-order valence-corrected chi connectivity index (χ0v) is 20.5. The molecule has 1 heterocycles. The summed E-state index contributed by atoms with van der Waals surface area (Å²) >= 11 is 1.68. The fraction of sp³-hybridized carbons (Fsp3) is 0.444. The Balaban J connectivity index is 1.81. The average molecular weight is 450 g/mol. The number of amides is 1. The molecule has 5 heteroatoms. The Hall–Kier alpha value is -2.24. The maximum atomic E-state index is 12.2. The van der Waals surface area contributed by atoms with E-state index < -0.39 is 0 Å². The first-order valence-corrected chi connectivity index (χ1v) is 12.5. The van der Waals surface area contributed by atoms with Crippen LogP contribution in [-0.2, 0) is 6.54 Å². The Labute approximate surface area is 196 Å². The predicted molar refractivity (Wildman–Crippen MR) is 136 cm³/mol. The number of nitrogens with two attached hydrogens (primary N) is 1. The number of carbonyl (C=O) groups is 1. The lowest BCUT2D eigenvalue weighted by Gasteiger charge is -2.25. The molecule has 0 unspecified atom stereocenters. The van der Waals surface area contributed by atoms with Crippen LogP contribution in [0.25, 0.3) is 22.0 Å². The summed E-state index contributed by atoms with van der Waals surface area (Å²) in [5, 5.41) is 2.42. The van der Waals surface area contributed by atoms with Crippen molar-refractivity contribution in [1.82, 2.24) is 9.29 Å². The van der Waals surface area contributed by atoms with Gasteiger partial charge in [0.05, 0.1) is 5.56 Å². The van der Waals surface area contributed by atoms with E-state index in [1.165, 1.54) is 47.8 Å². The Morgan fingerprint density at radius 3 is 2.44 bits per heavy atom. The second-order valence-corrected chi connectivity index (χ2v) is 11.0. The first-order valence-electron chi connectivity index (χ1n) is 11.7. The molecule has 1 fully saturated rings. The van der Waals surface area contributed by atoms with E-state index in [0.29, 0.717) is 11.5 Å². The van der Waals surface area contributed by atoms with Crippen molar-refractivity contribution in [3.63, 3.8) is 0 Å². The third kappa shape index (κ3) is 4.89. The molecule has 1 aliphatic carbocycles. The Bertz CT molecular complexity index is 1120. The van der Waals surface area contributed by atoms with E-state index in [1.54, 1.807) is 11.9 Å². The van der Waals surface area contributed by atoms with Crippen LogP contribution in [0.5, 0.6) is 0 Å². The van der Waals surface area contributed by atoms with Gasteiger partial charge in [0.15, 0.2) is 0 Å². The number of fused-ring (bicyclic) bond motifs is 1. The van der Waals surface area contributed by atoms with Crippen molar-refractivity contribution >= 4 is 28.6 Å². The molecule has 170 valence electrons. The van der Waals surface area contributed by atoms with Gasteiger partial charge in [-0.2, -0.15) is 0 Å². The molecule has 1 amide bonds. The van der Waals surface area contributed by atoms with Crippen LogP contribution >= 0.6 is 11.9 Å². The molecule has 4 nitrogen and oxygen atoms in total. The van der Waals surface area contributed by atoms with Crippen molar-refractivity contribution in [2.75, 3.05) is 0 Å². The fourth-order valence-corrected chi connectivity index (χ4v) is 5.61. The van der Waals surface area contributed by atoms with Gasteiger partial charge in [-0.05, 0) is 81.3 Å². The lowest BCUT2D eigenvalue weighted by molar-refractivity contribution is 0.0999. The molecular formula is C27H35N3OS. The quantitative estimate of drug-likeness (QED) is 0.412. The number of rotatable bonds is 6. The highest BCUT2D eigenvalue weighted by Gasteiger charge is 2.22. The van der Waals surface area contributed by atoms with Crippen LogP contribution < -0.4 is 10.5 Å². The molecule has 4 rings (SSSR count). The maximum absolute atomic E-state index is 12.2. The minimum Gasteiger partial charge on any atom is -0.366 e. The number of benzene rings is 2. The molecule has 1 saturated carbocycles. The van der Waals surface area contributed by atoms with Crippen LogP contribution in [0.3, 0.4) is 0 Å². The summed E-state index contributed by atoms with van der Waals surface area (Å²) in [6.45, 7) is 9.49. The number of aromatic nitrogens is 1. The molecule has 0 radical (unpaired) electrons. The minimum atomic E-state index is -0.350. The van der Waals surface area contributed by atoms with Crippen LogP contribution in [0.4, 0.5) is 0 Å². The van der Waals surface area contributed by atoms with Gasteiger partial charge in [0.25, 0.3) is 5.91 Å². The summed E-state index contributed by atoms with van der Waals surface area (Å²) < 4.78 is 5.88. The van der Waals surface area contributed by atoms with E-state index in [2.05, 4.69) is 66.5 Å². The van der Waals surface area contributed by atoms with Crippen LogP contribution in [0, 0.1) is 12.8 Å². The molecular weight excluding hydrogens is 414 g/mol. The van der Waals surface area contributed by atoms with Gasteiger partial charge in [-0.15, -0.1) is 0 Å². The summed E-state index contributed by atoms with van der Waals surface area (Å²) in [6.07, 6.45) is 6.47. The van der Waals surface area contributed by atoms with Gasteiger partial charge in [0.1, 0.15) is 0 Å². The van der Waals surface area contributed by atoms with Gasteiger partial charge in [0.2, 0.25) is 0 Å². The molecule has 3 N–H and O–H groups in total. The smallest absolute Gasteiger partial charge is 0.250 e. The van der Waals surface area contributed by atoms with E-state index in [9.17, 15) is 4.79 Å². The van der Waals surface area contributed by atoms with Crippen LogP contribution in [0.2, 0.25) is 0 Å². The average Bonchev–Trinajstić information content (AvgIpc) is 3.08. The molecule has 0 bridgehead atoms. The number of hydrogen-bond acceptors (Lipinski definition) is 3. The first-order chi connectivity index (χ1) is 15.2. The zero-order valence-electron chi connectivity index (χ0n) is 19.7. The van der Waals surface area contributed by atoms with E-state index in [0.717, 1.165) is 23.5 Å². The summed E-state index contributed by atoms with van der Waals surface area (Å²) in [7, 11) is 0. The number of nitrogens with zero attached hydrogens (tertiary/aromatic N) is 1.